The molecule has 1 aromatic rings. The van der Waals surface area contributed by atoms with Gasteiger partial charge in [0.2, 0.25) is 5.91 Å². The van der Waals surface area contributed by atoms with E-state index >= 15 is 0 Å². The quantitative estimate of drug-likeness (QED) is 0.927. The van der Waals surface area contributed by atoms with E-state index in [2.05, 4.69) is 13.8 Å². The zero-order chi connectivity index (χ0) is 15.4. The van der Waals surface area contributed by atoms with Gasteiger partial charge in [0.05, 0.1) is 0 Å². The molecular formula is C16H24N2O3. The summed E-state index contributed by atoms with van der Waals surface area (Å²) in [7, 11) is 0. The molecule has 1 saturated heterocycles. The number of carbonyl (C=O) groups excluding carboxylic acids is 1. The Balaban J connectivity index is 1.97. The maximum atomic E-state index is 12.4. The average Bonchev–Trinajstić information content (AvgIpc) is 2.73. The second-order valence-corrected chi connectivity index (χ2v) is 6.14. The van der Waals surface area contributed by atoms with Gasteiger partial charge in [0.15, 0.2) is 0 Å². The average molecular weight is 292 g/mol. The Bertz CT molecular complexity index is 507. The number of rotatable bonds is 4. The standard InChI is InChI=1S/C16H24N2O3/c1-12(2)13-5-3-8-17(10-7-13)15(19)11-18-9-4-6-14(18)16(20)21/h4,6,9,12-13H,3,5,7-8,10-11H2,1-2H3,(H,20,21). The summed E-state index contributed by atoms with van der Waals surface area (Å²) in [5.74, 6) is 0.355. The maximum Gasteiger partial charge on any atom is 0.352 e. The predicted octanol–water partition coefficient (Wildman–Crippen LogP) is 2.47. The number of likely N-dealkylation sites (tertiary alicyclic amines) is 1. The van der Waals surface area contributed by atoms with Crippen molar-refractivity contribution in [3.8, 4) is 0 Å². The zero-order valence-corrected chi connectivity index (χ0v) is 12.8. The number of carboxylic acids is 1. The molecule has 1 aromatic heterocycles. The summed E-state index contributed by atoms with van der Waals surface area (Å²) in [6, 6.07) is 3.18. The first-order valence-corrected chi connectivity index (χ1v) is 7.65. The normalized spacial score (nSPS) is 19.6. The molecule has 1 aliphatic rings. The van der Waals surface area contributed by atoms with E-state index in [0.29, 0.717) is 11.8 Å². The Morgan fingerprint density at radius 1 is 1.33 bits per heavy atom. The van der Waals surface area contributed by atoms with Crippen molar-refractivity contribution in [2.75, 3.05) is 13.1 Å². The number of aromatic nitrogens is 1. The molecule has 21 heavy (non-hydrogen) atoms. The molecule has 2 rings (SSSR count). The van der Waals surface area contributed by atoms with Crippen LogP contribution in [0.5, 0.6) is 0 Å². The van der Waals surface area contributed by atoms with Gasteiger partial charge < -0.3 is 14.6 Å². The smallest absolute Gasteiger partial charge is 0.352 e. The van der Waals surface area contributed by atoms with Crippen LogP contribution < -0.4 is 0 Å². The highest BCUT2D eigenvalue weighted by Gasteiger charge is 2.23. The molecule has 1 aliphatic heterocycles. The molecule has 5 heteroatoms. The van der Waals surface area contributed by atoms with Crippen LogP contribution in [0.1, 0.15) is 43.6 Å². The van der Waals surface area contributed by atoms with Crippen molar-refractivity contribution >= 4 is 11.9 Å². The van der Waals surface area contributed by atoms with Gasteiger partial charge in [0, 0.05) is 19.3 Å². The number of amides is 1. The van der Waals surface area contributed by atoms with Gasteiger partial charge in [-0.05, 0) is 43.2 Å². The second-order valence-electron chi connectivity index (χ2n) is 6.14. The largest absolute Gasteiger partial charge is 0.477 e. The van der Waals surface area contributed by atoms with Gasteiger partial charge in [-0.2, -0.15) is 0 Å². The van der Waals surface area contributed by atoms with Crippen LogP contribution in [0.4, 0.5) is 0 Å². The van der Waals surface area contributed by atoms with Crippen molar-refractivity contribution in [1.82, 2.24) is 9.47 Å². The molecular weight excluding hydrogens is 268 g/mol. The van der Waals surface area contributed by atoms with Gasteiger partial charge in [0.1, 0.15) is 12.2 Å². The van der Waals surface area contributed by atoms with Crippen molar-refractivity contribution in [2.45, 2.75) is 39.7 Å². The molecule has 0 aliphatic carbocycles. The van der Waals surface area contributed by atoms with Gasteiger partial charge in [-0.25, -0.2) is 4.79 Å². The van der Waals surface area contributed by atoms with Crippen LogP contribution in [0.2, 0.25) is 0 Å². The first-order valence-electron chi connectivity index (χ1n) is 7.65. The van der Waals surface area contributed by atoms with Crippen molar-refractivity contribution in [1.29, 1.82) is 0 Å². The van der Waals surface area contributed by atoms with Gasteiger partial charge in [0.25, 0.3) is 0 Å². The number of nitrogens with zero attached hydrogens (tertiary/aromatic N) is 2. The molecule has 0 bridgehead atoms. The molecule has 5 nitrogen and oxygen atoms in total. The van der Waals surface area contributed by atoms with Crippen LogP contribution in [0.15, 0.2) is 18.3 Å². The van der Waals surface area contributed by atoms with E-state index < -0.39 is 5.97 Å². The summed E-state index contributed by atoms with van der Waals surface area (Å²) in [6.45, 7) is 6.15. The van der Waals surface area contributed by atoms with E-state index in [1.165, 1.54) is 17.1 Å². The lowest BCUT2D eigenvalue weighted by Gasteiger charge is -2.22. The number of hydrogen-bond acceptors (Lipinski definition) is 2. The molecule has 116 valence electrons. The minimum Gasteiger partial charge on any atom is -0.477 e. The first kappa shape index (κ1) is 15.6. The highest BCUT2D eigenvalue weighted by Crippen LogP contribution is 2.24. The molecule has 1 N–H and O–H groups in total. The lowest BCUT2D eigenvalue weighted by Crippen LogP contribution is -2.35. The van der Waals surface area contributed by atoms with Crippen LogP contribution in [0.25, 0.3) is 0 Å². The zero-order valence-electron chi connectivity index (χ0n) is 12.8. The third-order valence-corrected chi connectivity index (χ3v) is 4.42. The summed E-state index contributed by atoms with van der Waals surface area (Å²) in [5.41, 5.74) is 0.165. The van der Waals surface area contributed by atoms with E-state index in [1.807, 2.05) is 4.90 Å². The van der Waals surface area contributed by atoms with Crippen molar-refractivity contribution in [3.05, 3.63) is 24.0 Å². The van der Waals surface area contributed by atoms with Crippen LogP contribution in [-0.2, 0) is 11.3 Å². The van der Waals surface area contributed by atoms with Gasteiger partial charge in [-0.15, -0.1) is 0 Å². The minimum absolute atomic E-state index is 0.0121. The van der Waals surface area contributed by atoms with E-state index in [4.69, 9.17) is 5.11 Å². The third-order valence-electron chi connectivity index (χ3n) is 4.42. The van der Waals surface area contributed by atoms with Gasteiger partial charge in [-0.1, -0.05) is 13.8 Å². The van der Waals surface area contributed by atoms with Crippen LogP contribution in [-0.4, -0.2) is 39.5 Å². The maximum absolute atomic E-state index is 12.4. The number of hydrogen-bond donors (Lipinski definition) is 1. The lowest BCUT2D eigenvalue weighted by atomic mass is 9.89. The topological polar surface area (TPSA) is 62.5 Å². The molecule has 0 radical (unpaired) electrons. The number of carboxylic acid groups (broad SMARTS) is 1. The molecule has 1 amide bonds. The van der Waals surface area contributed by atoms with Crippen molar-refractivity contribution < 1.29 is 14.7 Å². The fourth-order valence-corrected chi connectivity index (χ4v) is 3.03. The number of aromatic carboxylic acids is 1. The Morgan fingerprint density at radius 3 is 2.76 bits per heavy atom. The third kappa shape index (κ3) is 3.86. The minimum atomic E-state index is -0.997. The second kappa shape index (κ2) is 6.78. The Kier molecular flexibility index (Phi) is 5.04. The molecule has 1 atom stereocenters. The molecule has 1 unspecified atom stereocenters. The summed E-state index contributed by atoms with van der Waals surface area (Å²) in [6.07, 6.45) is 4.90. The highest BCUT2D eigenvalue weighted by atomic mass is 16.4. The summed E-state index contributed by atoms with van der Waals surface area (Å²) in [5, 5.41) is 9.07. The van der Waals surface area contributed by atoms with Crippen molar-refractivity contribution in [3.63, 3.8) is 0 Å². The Hall–Kier alpha value is -1.78. The van der Waals surface area contributed by atoms with Crippen LogP contribution in [0.3, 0.4) is 0 Å². The molecule has 1 fully saturated rings. The highest BCUT2D eigenvalue weighted by molar-refractivity contribution is 5.86. The van der Waals surface area contributed by atoms with E-state index in [9.17, 15) is 9.59 Å². The van der Waals surface area contributed by atoms with E-state index in [1.54, 1.807) is 12.3 Å². The Morgan fingerprint density at radius 2 is 2.10 bits per heavy atom. The first-order chi connectivity index (χ1) is 9.99. The predicted molar refractivity (Wildman–Crippen MR) is 80.2 cm³/mol. The summed E-state index contributed by atoms with van der Waals surface area (Å²) < 4.78 is 1.51. The number of carbonyl (C=O) groups is 2. The summed E-state index contributed by atoms with van der Waals surface area (Å²) in [4.78, 5) is 25.3. The van der Waals surface area contributed by atoms with Crippen molar-refractivity contribution in [2.24, 2.45) is 11.8 Å². The fourth-order valence-electron chi connectivity index (χ4n) is 3.03. The SMILES string of the molecule is CC(C)C1CCCN(C(=O)Cn2cccc2C(=O)O)CC1. The molecule has 0 aromatic carbocycles. The van der Waals surface area contributed by atoms with Crippen LogP contribution >= 0.6 is 0 Å². The lowest BCUT2D eigenvalue weighted by molar-refractivity contribution is -0.131. The monoisotopic (exact) mass is 292 g/mol. The summed E-state index contributed by atoms with van der Waals surface area (Å²) >= 11 is 0. The molecule has 0 spiro atoms. The fraction of sp³-hybridized carbons (Fsp3) is 0.625. The Labute approximate surface area is 125 Å². The van der Waals surface area contributed by atoms with Gasteiger partial charge in [-0.3, -0.25) is 4.79 Å². The van der Waals surface area contributed by atoms with Gasteiger partial charge >= 0.3 is 5.97 Å². The van der Waals surface area contributed by atoms with E-state index in [0.717, 1.165) is 25.9 Å². The van der Waals surface area contributed by atoms with E-state index in [-0.39, 0.29) is 18.1 Å². The molecule has 2 heterocycles. The molecule has 0 saturated carbocycles. The van der Waals surface area contributed by atoms with Crippen LogP contribution in [0, 0.1) is 11.8 Å².